The zero-order chi connectivity index (χ0) is 16.4. The molecule has 7 heteroatoms. The summed E-state index contributed by atoms with van der Waals surface area (Å²) in [6.07, 6.45) is 1.90. The van der Waals surface area contributed by atoms with Crippen molar-refractivity contribution in [2.24, 2.45) is 0 Å². The van der Waals surface area contributed by atoms with Crippen LogP contribution in [-0.2, 0) is 0 Å². The monoisotopic (exact) mass is 311 g/mol. The van der Waals surface area contributed by atoms with Gasteiger partial charge in [0.2, 0.25) is 5.95 Å². The molecule has 2 N–H and O–H groups in total. The minimum atomic E-state index is -0.170. The molecule has 0 unspecified atom stereocenters. The standard InChI is InChI=1S/C16H17N5O2/c1-10-4-7-14-19-16(20-21(14)9-10)18-12-6-5-11(15(22)17-2)8-13(12)23-3/h4-9H,1-3H3,(H,17,22)(H,18,20). The number of benzene rings is 1. The minimum absolute atomic E-state index is 0.170. The summed E-state index contributed by atoms with van der Waals surface area (Å²) < 4.78 is 7.05. The highest BCUT2D eigenvalue weighted by Gasteiger charge is 2.11. The van der Waals surface area contributed by atoms with E-state index in [-0.39, 0.29) is 5.91 Å². The van der Waals surface area contributed by atoms with Crippen LogP contribution in [0, 0.1) is 6.92 Å². The summed E-state index contributed by atoms with van der Waals surface area (Å²) in [5.74, 6) is 0.832. The summed E-state index contributed by atoms with van der Waals surface area (Å²) in [7, 11) is 3.14. The molecule has 3 rings (SSSR count). The quantitative estimate of drug-likeness (QED) is 0.771. The maximum absolute atomic E-state index is 11.7. The molecule has 0 saturated carbocycles. The van der Waals surface area contributed by atoms with Crippen molar-refractivity contribution in [3.05, 3.63) is 47.7 Å². The van der Waals surface area contributed by atoms with Gasteiger partial charge in [0.25, 0.3) is 5.91 Å². The number of pyridine rings is 1. The number of rotatable bonds is 4. The van der Waals surface area contributed by atoms with Crippen LogP contribution in [0.25, 0.3) is 5.65 Å². The van der Waals surface area contributed by atoms with Gasteiger partial charge in [-0.25, -0.2) is 4.52 Å². The molecule has 0 spiro atoms. The average Bonchev–Trinajstić information content (AvgIpc) is 2.95. The Labute approximate surface area is 133 Å². The number of hydrogen-bond acceptors (Lipinski definition) is 5. The molecule has 0 aliphatic heterocycles. The van der Waals surface area contributed by atoms with Gasteiger partial charge < -0.3 is 15.4 Å². The maximum atomic E-state index is 11.7. The molecule has 0 aliphatic carbocycles. The number of fused-ring (bicyclic) bond motifs is 1. The Kier molecular flexibility index (Phi) is 3.84. The highest BCUT2D eigenvalue weighted by Crippen LogP contribution is 2.27. The Morgan fingerprint density at radius 2 is 2.09 bits per heavy atom. The normalized spacial score (nSPS) is 10.6. The summed E-state index contributed by atoms with van der Waals surface area (Å²) in [6, 6.07) is 9.02. The van der Waals surface area contributed by atoms with Gasteiger partial charge in [-0.1, -0.05) is 6.07 Å². The summed E-state index contributed by atoms with van der Waals surface area (Å²) in [6.45, 7) is 1.99. The van der Waals surface area contributed by atoms with Gasteiger partial charge in [-0.3, -0.25) is 4.79 Å². The molecule has 0 atom stereocenters. The van der Waals surface area contributed by atoms with E-state index in [9.17, 15) is 4.79 Å². The van der Waals surface area contributed by atoms with Gasteiger partial charge in [-0.2, -0.15) is 4.98 Å². The lowest BCUT2D eigenvalue weighted by atomic mass is 10.1. The average molecular weight is 311 g/mol. The number of anilines is 2. The Balaban J connectivity index is 1.92. The number of nitrogens with one attached hydrogen (secondary N) is 2. The van der Waals surface area contributed by atoms with Crippen molar-refractivity contribution in [3.63, 3.8) is 0 Å². The van der Waals surface area contributed by atoms with Crippen LogP contribution in [0.4, 0.5) is 11.6 Å². The zero-order valence-electron chi connectivity index (χ0n) is 13.1. The summed E-state index contributed by atoms with van der Waals surface area (Å²) in [5, 5.41) is 10.1. The van der Waals surface area contributed by atoms with E-state index in [4.69, 9.17) is 4.74 Å². The number of carbonyl (C=O) groups excluding carboxylic acids is 1. The highest BCUT2D eigenvalue weighted by atomic mass is 16.5. The van der Waals surface area contributed by atoms with Crippen LogP contribution in [0.5, 0.6) is 5.75 Å². The highest BCUT2D eigenvalue weighted by molar-refractivity contribution is 5.95. The number of aryl methyl sites for hydroxylation is 1. The lowest BCUT2D eigenvalue weighted by Crippen LogP contribution is -2.17. The Morgan fingerprint density at radius 3 is 2.83 bits per heavy atom. The summed E-state index contributed by atoms with van der Waals surface area (Å²) in [4.78, 5) is 16.1. The van der Waals surface area contributed by atoms with Gasteiger partial charge >= 0.3 is 0 Å². The fraction of sp³-hybridized carbons (Fsp3) is 0.188. The molecule has 118 valence electrons. The molecular weight excluding hydrogens is 294 g/mol. The van der Waals surface area contributed by atoms with Crippen LogP contribution in [0.1, 0.15) is 15.9 Å². The second-order valence-corrected chi connectivity index (χ2v) is 5.06. The van der Waals surface area contributed by atoms with Crippen molar-refractivity contribution >= 4 is 23.2 Å². The molecule has 1 amide bonds. The topological polar surface area (TPSA) is 80.6 Å². The Morgan fingerprint density at radius 1 is 1.26 bits per heavy atom. The first-order valence-electron chi connectivity index (χ1n) is 7.11. The van der Waals surface area contributed by atoms with E-state index in [0.29, 0.717) is 22.9 Å². The largest absolute Gasteiger partial charge is 0.495 e. The lowest BCUT2D eigenvalue weighted by Gasteiger charge is -2.10. The smallest absolute Gasteiger partial charge is 0.251 e. The third-order valence-electron chi connectivity index (χ3n) is 3.42. The van der Waals surface area contributed by atoms with Gasteiger partial charge in [0, 0.05) is 18.8 Å². The molecule has 0 aliphatic rings. The second-order valence-electron chi connectivity index (χ2n) is 5.06. The van der Waals surface area contributed by atoms with Gasteiger partial charge in [0.1, 0.15) is 5.75 Å². The molecule has 0 bridgehead atoms. The van der Waals surface area contributed by atoms with E-state index in [0.717, 1.165) is 11.2 Å². The first-order chi connectivity index (χ1) is 11.1. The van der Waals surface area contributed by atoms with Crippen molar-refractivity contribution < 1.29 is 9.53 Å². The summed E-state index contributed by atoms with van der Waals surface area (Å²) in [5.41, 5.74) is 3.06. The van der Waals surface area contributed by atoms with Crippen molar-refractivity contribution in [1.82, 2.24) is 19.9 Å². The first-order valence-corrected chi connectivity index (χ1v) is 7.11. The zero-order valence-corrected chi connectivity index (χ0v) is 13.1. The maximum Gasteiger partial charge on any atom is 0.251 e. The summed E-state index contributed by atoms with van der Waals surface area (Å²) >= 11 is 0. The van der Waals surface area contributed by atoms with Crippen LogP contribution in [0.3, 0.4) is 0 Å². The molecule has 23 heavy (non-hydrogen) atoms. The molecular formula is C16H17N5O2. The van der Waals surface area contributed by atoms with E-state index in [2.05, 4.69) is 20.7 Å². The van der Waals surface area contributed by atoms with Crippen LogP contribution in [-0.4, -0.2) is 34.7 Å². The molecule has 2 heterocycles. The second kappa shape index (κ2) is 5.96. The molecule has 2 aromatic heterocycles. The number of aromatic nitrogens is 3. The predicted molar refractivity (Wildman–Crippen MR) is 87.4 cm³/mol. The SMILES string of the molecule is CNC(=O)c1ccc(Nc2nc3ccc(C)cn3n2)c(OC)c1. The minimum Gasteiger partial charge on any atom is -0.495 e. The third-order valence-corrected chi connectivity index (χ3v) is 3.42. The lowest BCUT2D eigenvalue weighted by molar-refractivity contribution is 0.0963. The van der Waals surface area contributed by atoms with Gasteiger partial charge in [0.05, 0.1) is 12.8 Å². The van der Waals surface area contributed by atoms with Crippen LogP contribution in [0.15, 0.2) is 36.5 Å². The first kappa shape index (κ1) is 14.8. The van der Waals surface area contributed by atoms with E-state index in [1.807, 2.05) is 25.3 Å². The molecule has 0 radical (unpaired) electrons. The molecule has 3 aromatic rings. The van der Waals surface area contributed by atoms with E-state index in [1.54, 1.807) is 36.9 Å². The predicted octanol–water partition coefficient (Wildman–Crippen LogP) is 2.15. The van der Waals surface area contributed by atoms with E-state index < -0.39 is 0 Å². The number of ether oxygens (including phenoxy) is 1. The third kappa shape index (κ3) is 2.94. The number of amides is 1. The van der Waals surface area contributed by atoms with Crippen LogP contribution < -0.4 is 15.4 Å². The van der Waals surface area contributed by atoms with Gasteiger partial charge in [-0.05, 0) is 36.8 Å². The van der Waals surface area contributed by atoms with Gasteiger partial charge in [-0.15, -0.1) is 5.10 Å². The molecule has 7 nitrogen and oxygen atoms in total. The number of nitrogens with zero attached hydrogens (tertiary/aromatic N) is 3. The van der Waals surface area contributed by atoms with Crippen molar-refractivity contribution in [2.75, 3.05) is 19.5 Å². The van der Waals surface area contributed by atoms with E-state index >= 15 is 0 Å². The number of methoxy groups -OCH3 is 1. The fourth-order valence-electron chi connectivity index (χ4n) is 2.24. The van der Waals surface area contributed by atoms with Crippen molar-refractivity contribution in [2.45, 2.75) is 6.92 Å². The fourth-order valence-corrected chi connectivity index (χ4v) is 2.24. The van der Waals surface area contributed by atoms with Crippen molar-refractivity contribution in [3.8, 4) is 5.75 Å². The van der Waals surface area contributed by atoms with Crippen LogP contribution in [0.2, 0.25) is 0 Å². The van der Waals surface area contributed by atoms with Gasteiger partial charge in [0.15, 0.2) is 5.65 Å². The molecule has 0 fully saturated rings. The van der Waals surface area contributed by atoms with Crippen molar-refractivity contribution in [1.29, 1.82) is 0 Å². The number of hydrogen-bond donors (Lipinski definition) is 2. The van der Waals surface area contributed by atoms with E-state index in [1.165, 1.54) is 0 Å². The molecule has 1 aromatic carbocycles. The molecule has 0 saturated heterocycles. The Hall–Kier alpha value is -3.09. The number of carbonyl (C=O) groups is 1. The Bertz CT molecular complexity index is 872. The van der Waals surface area contributed by atoms with Crippen LogP contribution >= 0.6 is 0 Å².